The van der Waals surface area contributed by atoms with Crippen molar-refractivity contribution >= 4 is 43.2 Å². The van der Waals surface area contributed by atoms with Gasteiger partial charge in [0.05, 0.1) is 10.1 Å². The molecule has 0 unspecified atom stereocenters. The molecule has 3 aromatic rings. The molecular weight excluding hydrogens is 237 g/mol. The molecule has 2 aromatic heterocycles. The third-order valence-electron chi connectivity index (χ3n) is 2.10. The van der Waals surface area contributed by atoms with Gasteiger partial charge in [0.1, 0.15) is 11.3 Å². The molecule has 0 fully saturated rings. The summed E-state index contributed by atoms with van der Waals surface area (Å²) in [7, 11) is 0. The molecule has 2 heterocycles. The lowest BCUT2D eigenvalue weighted by atomic mass is 10.2. The molecule has 0 bridgehead atoms. The van der Waals surface area contributed by atoms with E-state index in [0.29, 0.717) is 15.6 Å². The van der Waals surface area contributed by atoms with Crippen LogP contribution in [0.2, 0.25) is 5.15 Å². The van der Waals surface area contributed by atoms with Crippen molar-refractivity contribution in [3.05, 3.63) is 29.2 Å². The molecule has 0 radical (unpaired) electrons. The Morgan fingerprint density at radius 2 is 2.13 bits per heavy atom. The lowest BCUT2D eigenvalue weighted by Crippen LogP contribution is -1.87. The molecule has 0 aliphatic heterocycles. The second kappa shape index (κ2) is 3.08. The Kier molecular flexibility index (Phi) is 1.83. The van der Waals surface area contributed by atoms with Gasteiger partial charge in [-0.05, 0) is 17.3 Å². The van der Waals surface area contributed by atoms with Gasteiger partial charge in [-0.15, -0.1) is 21.5 Å². The molecule has 0 aliphatic carbocycles. The topological polar surface area (TPSA) is 38.7 Å². The smallest absolute Gasteiger partial charge is 0.172 e. The minimum atomic E-state index is -0.310. The summed E-state index contributed by atoms with van der Waals surface area (Å²) in [6.07, 6.45) is 0. The van der Waals surface area contributed by atoms with Gasteiger partial charge >= 0.3 is 0 Å². The maximum Gasteiger partial charge on any atom is 0.172 e. The fourth-order valence-electron chi connectivity index (χ4n) is 1.48. The minimum absolute atomic E-state index is 0.264. The number of halogens is 2. The van der Waals surface area contributed by atoms with E-state index in [1.54, 1.807) is 6.07 Å². The predicted molar refractivity (Wildman–Crippen MR) is 57.7 cm³/mol. The van der Waals surface area contributed by atoms with Gasteiger partial charge in [0.15, 0.2) is 5.15 Å². The average molecular weight is 240 g/mol. The van der Waals surface area contributed by atoms with Crippen LogP contribution in [-0.2, 0) is 0 Å². The second-order valence-corrected chi connectivity index (χ2v) is 4.38. The normalized spacial score (nSPS) is 11.3. The van der Waals surface area contributed by atoms with Gasteiger partial charge in [0.2, 0.25) is 0 Å². The highest BCUT2D eigenvalue weighted by molar-refractivity contribution is 7.26. The molecule has 0 aliphatic rings. The number of hydrogen-bond acceptors (Lipinski definition) is 4. The molecule has 6 heteroatoms. The molecule has 3 nitrogen and oxygen atoms in total. The predicted octanol–water partition coefficient (Wildman–Crippen LogP) is 3.03. The Bertz CT molecular complexity index is 667. The van der Waals surface area contributed by atoms with Crippen LogP contribution < -0.4 is 0 Å². The summed E-state index contributed by atoms with van der Waals surface area (Å²) in [6, 6.07) is 4.87. The standard InChI is InChI=1S/C9H3ClFN3S/c10-9-8-7(12-14-13-9)6-4(11)2-1-3-5(6)15-8/h1-3H. The zero-order valence-corrected chi connectivity index (χ0v) is 8.81. The lowest BCUT2D eigenvalue weighted by Gasteiger charge is -1.91. The van der Waals surface area contributed by atoms with Crippen LogP contribution in [0.3, 0.4) is 0 Å². The molecule has 74 valence electrons. The van der Waals surface area contributed by atoms with E-state index in [4.69, 9.17) is 11.6 Å². The highest BCUT2D eigenvalue weighted by Gasteiger charge is 2.13. The van der Waals surface area contributed by atoms with E-state index in [9.17, 15) is 4.39 Å². The first-order valence-electron chi connectivity index (χ1n) is 4.13. The maximum atomic E-state index is 13.6. The molecule has 0 amide bonds. The van der Waals surface area contributed by atoms with E-state index >= 15 is 0 Å². The molecule has 1 aromatic carbocycles. The van der Waals surface area contributed by atoms with Crippen molar-refractivity contribution < 1.29 is 4.39 Å². The van der Waals surface area contributed by atoms with Crippen LogP contribution in [0.4, 0.5) is 4.39 Å². The van der Waals surface area contributed by atoms with E-state index in [2.05, 4.69) is 15.4 Å². The van der Waals surface area contributed by atoms with Gasteiger partial charge in [0, 0.05) is 4.70 Å². The Hall–Kier alpha value is -1.33. The maximum absolute atomic E-state index is 13.6. The van der Waals surface area contributed by atoms with Gasteiger partial charge in [-0.2, -0.15) is 0 Å². The molecule has 3 rings (SSSR count). The number of hydrogen-bond donors (Lipinski definition) is 0. The van der Waals surface area contributed by atoms with Crippen LogP contribution in [0.15, 0.2) is 18.2 Å². The zero-order valence-electron chi connectivity index (χ0n) is 7.24. The van der Waals surface area contributed by atoms with E-state index in [1.807, 2.05) is 6.07 Å². The summed E-state index contributed by atoms with van der Waals surface area (Å²) in [5, 5.41) is 11.7. The molecule has 15 heavy (non-hydrogen) atoms. The highest BCUT2D eigenvalue weighted by atomic mass is 35.5. The van der Waals surface area contributed by atoms with Crippen LogP contribution in [0, 0.1) is 5.82 Å². The first-order valence-corrected chi connectivity index (χ1v) is 5.32. The van der Waals surface area contributed by atoms with Crippen molar-refractivity contribution in [3.8, 4) is 0 Å². The Balaban J connectivity index is 2.65. The van der Waals surface area contributed by atoms with E-state index in [-0.39, 0.29) is 11.0 Å². The van der Waals surface area contributed by atoms with Gasteiger partial charge < -0.3 is 0 Å². The molecular formula is C9H3ClFN3S. The Morgan fingerprint density at radius 1 is 1.27 bits per heavy atom. The van der Waals surface area contributed by atoms with E-state index < -0.39 is 0 Å². The van der Waals surface area contributed by atoms with Crippen LogP contribution in [0.5, 0.6) is 0 Å². The fourth-order valence-corrected chi connectivity index (χ4v) is 2.74. The molecule has 0 saturated heterocycles. The van der Waals surface area contributed by atoms with Crippen molar-refractivity contribution in [2.75, 3.05) is 0 Å². The first-order chi connectivity index (χ1) is 7.27. The number of aromatic nitrogens is 3. The number of fused-ring (bicyclic) bond motifs is 3. The van der Waals surface area contributed by atoms with Gasteiger partial charge in [-0.25, -0.2) is 4.39 Å². The zero-order chi connectivity index (χ0) is 10.4. The Labute approximate surface area is 92.5 Å². The van der Waals surface area contributed by atoms with Crippen molar-refractivity contribution in [2.24, 2.45) is 0 Å². The van der Waals surface area contributed by atoms with Crippen LogP contribution in [0.1, 0.15) is 0 Å². The van der Waals surface area contributed by atoms with Crippen molar-refractivity contribution in [1.82, 2.24) is 15.4 Å². The summed E-state index contributed by atoms with van der Waals surface area (Å²) in [5.41, 5.74) is 0.480. The van der Waals surface area contributed by atoms with Gasteiger partial charge in [-0.3, -0.25) is 0 Å². The van der Waals surface area contributed by atoms with Crippen molar-refractivity contribution in [1.29, 1.82) is 0 Å². The Morgan fingerprint density at radius 3 is 3.00 bits per heavy atom. The number of thiophene rings is 1. The minimum Gasteiger partial charge on any atom is -0.206 e. The number of benzene rings is 1. The fraction of sp³-hybridized carbons (Fsp3) is 0. The van der Waals surface area contributed by atoms with E-state index in [0.717, 1.165) is 4.70 Å². The highest BCUT2D eigenvalue weighted by Crippen LogP contribution is 2.36. The summed E-state index contributed by atoms with van der Waals surface area (Å²) in [4.78, 5) is 0. The van der Waals surface area contributed by atoms with Gasteiger partial charge in [0.25, 0.3) is 0 Å². The summed E-state index contributed by atoms with van der Waals surface area (Å²) in [6.45, 7) is 0. The molecule has 0 atom stereocenters. The molecule has 0 spiro atoms. The monoisotopic (exact) mass is 239 g/mol. The average Bonchev–Trinajstić information content (AvgIpc) is 2.59. The number of rotatable bonds is 0. The lowest BCUT2D eigenvalue weighted by molar-refractivity contribution is 0.640. The summed E-state index contributed by atoms with van der Waals surface area (Å²) in [5.74, 6) is -0.310. The summed E-state index contributed by atoms with van der Waals surface area (Å²) >= 11 is 7.22. The first kappa shape index (κ1) is 8.94. The quantitative estimate of drug-likeness (QED) is 0.605. The third kappa shape index (κ3) is 1.20. The SMILES string of the molecule is Fc1cccc2sc3c(Cl)nnnc3c12. The van der Waals surface area contributed by atoms with E-state index in [1.165, 1.54) is 17.4 Å². The number of nitrogens with zero attached hydrogens (tertiary/aromatic N) is 3. The largest absolute Gasteiger partial charge is 0.206 e. The van der Waals surface area contributed by atoms with Crippen LogP contribution in [-0.4, -0.2) is 15.4 Å². The second-order valence-electron chi connectivity index (χ2n) is 2.97. The van der Waals surface area contributed by atoms with Crippen molar-refractivity contribution in [3.63, 3.8) is 0 Å². The summed E-state index contributed by atoms with van der Waals surface area (Å²) < 4.78 is 15.0. The van der Waals surface area contributed by atoms with Gasteiger partial charge in [-0.1, -0.05) is 17.7 Å². The van der Waals surface area contributed by atoms with Crippen LogP contribution >= 0.6 is 22.9 Å². The molecule has 0 saturated carbocycles. The molecule has 0 N–H and O–H groups in total. The van der Waals surface area contributed by atoms with Crippen LogP contribution in [0.25, 0.3) is 20.3 Å². The third-order valence-corrected chi connectivity index (χ3v) is 3.63. The van der Waals surface area contributed by atoms with Crippen molar-refractivity contribution in [2.45, 2.75) is 0 Å².